The minimum atomic E-state index is -1.64. The largest absolute Gasteiger partial charge is 0.394 e. The molecule has 20 nitrogen and oxygen atoms in total. The van der Waals surface area contributed by atoms with Gasteiger partial charge in [0.25, 0.3) is 0 Å². The maximum Gasteiger partial charge on any atom is 0.151 e. The van der Waals surface area contributed by atoms with E-state index in [1.165, 1.54) is 0 Å². The summed E-state index contributed by atoms with van der Waals surface area (Å²) in [6, 6.07) is 0. The van der Waals surface area contributed by atoms with Gasteiger partial charge in [0.15, 0.2) is 25.1 Å². The van der Waals surface area contributed by atoms with Gasteiger partial charge >= 0.3 is 0 Å². The third kappa shape index (κ3) is 20.9. The third-order valence-electron chi connectivity index (χ3n) is 4.28. The normalized spacial score (nSPS) is 19.6. The molecule has 240 valence electrons. The lowest BCUT2D eigenvalue weighted by Gasteiger charge is -2.16. The number of rotatable bonds is 16. The molecule has 0 saturated heterocycles. The molecule has 0 aliphatic heterocycles. The second kappa shape index (κ2) is 27.2. The van der Waals surface area contributed by atoms with Gasteiger partial charge in [-0.15, -0.1) is 0 Å². The number of aldehydes is 4. The minimum absolute atomic E-state index is 0.0869. The first-order valence-corrected chi connectivity index (χ1v) is 10.9. The molecule has 0 aromatic rings. The Balaban J connectivity index is -0.000000216. The molecule has 0 amide bonds. The zero-order chi connectivity index (χ0) is 32.6. The van der Waals surface area contributed by atoms with Crippen LogP contribution in [0.15, 0.2) is 0 Å². The Bertz CT molecular complexity index is 521. The molecule has 0 aliphatic rings. The van der Waals surface area contributed by atoms with Gasteiger partial charge in [-0.2, -0.15) is 0 Å². The smallest absolute Gasteiger partial charge is 0.151 e. The first-order chi connectivity index (χ1) is 18.5. The van der Waals surface area contributed by atoms with Crippen molar-refractivity contribution in [3.8, 4) is 0 Å². The number of carbonyl (C=O) groups excluding carboxylic acids is 4. The molecule has 0 fully saturated rings. The van der Waals surface area contributed by atoms with Crippen molar-refractivity contribution >= 4 is 25.1 Å². The van der Waals surface area contributed by atoms with E-state index in [0.29, 0.717) is 0 Å². The standard InChI is InChI=1S/4C5H10O5/c4*6-1-3(8)5(10)4(9)2-7/h4*1,3-5,7-10H,2H2/t3-,4+,5+;3-,4+,5-;3-,4-,5+;3-,4-,5-/m1011/s1. The molecule has 20 heteroatoms. The average Bonchev–Trinajstić information content (AvgIpc) is 3.00. The lowest BCUT2D eigenvalue weighted by atomic mass is 10.1. The number of carbonyl (C=O) groups is 4. The van der Waals surface area contributed by atoms with Crippen molar-refractivity contribution < 1.29 is 101 Å². The van der Waals surface area contributed by atoms with Crippen molar-refractivity contribution in [3.05, 3.63) is 0 Å². The second-order valence-electron chi connectivity index (χ2n) is 7.47. The van der Waals surface area contributed by atoms with Gasteiger partial charge in [-0.1, -0.05) is 0 Å². The summed E-state index contributed by atoms with van der Waals surface area (Å²) >= 11 is 0. The molecule has 40 heavy (non-hydrogen) atoms. The number of aliphatic hydroxyl groups excluding tert-OH is 16. The Kier molecular flexibility index (Phi) is 30.7. The molecule has 0 rings (SSSR count). The van der Waals surface area contributed by atoms with Crippen molar-refractivity contribution in [3.63, 3.8) is 0 Å². The molecular weight excluding hydrogens is 560 g/mol. The lowest BCUT2D eigenvalue weighted by molar-refractivity contribution is -0.128. The van der Waals surface area contributed by atoms with Crippen LogP contribution in [-0.2, 0) is 19.2 Å². The molecule has 0 radical (unpaired) electrons. The minimum Gasteiger partial charge on any atom is -0.394 e. The fourth-order valence-corrected chi connectivity index (χ4v) is 1.66. The van der Waals surface area contributed by atoms with E-state index in [4.69, 9.17) is 81.7 Å². The van der Waals surface area contributed by atoms with E-state index in [1.807, 2.05) is 0 Å². The molecule has 0 aliphatic carbocycles. The van der Waals surface area contributed by atoms with E-state index < -0.39 is 99.7 Å². The van der Waals surface area contributed by atoms with Crippen LogP contribution in [0.4, 0.5) is 0 Å². The Labute approximate surface area is 226 Å². The maximum atomic E-state index is 9.76. The van der Waals surface area contributed by atoms with Gasteiger partial charge in [0.2, 0.25) is 0 Å². The van der Waals surface area contributed by atoms with Crippen LogP contribution in [0.3, 0.4) is 0 Å². The predicted octanol–water partition coefficient (Wildman–Crippen LogP) is -11.0. The molecule has 0 heterocycles. The zero-order valence-electron chi connectivity index (χ0n) is 20.9. The molecule has 0 aromatic carbocycles. The van der Waals surface area contributed by atoms with Crippen LogP contribution in [0.1, 0.15) is 0 Å². The summed E-state index contributed by atoms with van der Waals surface area (Å²) in [5.74, 6) is 0. The topological polar surface area (TPSA) is 392 Å². The summed E-state index contributed by atoms with van der Waals surface area (Å²) in [5.41, 5.74) is 0. The maximum absolute atomic E-state index is 9.76. The fourth-order valence-electron chi connectivity index (χ4n) is 1.66. The van der Waals surface area contributed by atoms with E-state index in [9.17, 15) is 19.2 Å². The van der Waals surface area contributed by atoms with Gasteiger partial charge in [-0.05, 0) is 0 Å². The van der Waals surface area contributed by atoms with Gasteiger partial charge in [-0.25, -0.2) is 0 Å². The summed E-state index contributed by atoms with van der Waals surface area (Å²) in [6.07, 6.45) is -18.5. The summed E-state index contributed by atoms with van der Waals surface area (Å²) in [6.45, 7) is -2.75. The van der Waals surface area contributed by atoms with E-state index in [0.717, 1.165) is 0 Å². The van der Waals surface area contributed by atoms with Crippen molar-refractivity contribution in [2.75, 3.05) is 26.4 Å². The Morgan fingerprint density at radius 1 is 0.325 bits per heavy atom. The molecule has 0 saturated carbocycles. The van der Waals surface area contributed by atoms with Gasteiger partial charge in [0.05, 0.1) is 26.4 Å². The lowest BCUT2D eigenvalue weighted by Crippen LogP contribution is -2.40. The van der Waals surface area contributed by atoms with Crippen molar-refractivity contribution in [2.45, 2.75) is 73.2 Å². The van der Waals surface area contributed by atoms with Crippen molar-refractivity contribution in [1.82, 2.24) is 0 Å². The Hall–Kier alpha value is -1.96. The van der Waals surface area contributed by atoms with Crippen LogP contribution >= 0.6 is 0 Å². The number of hydrogen-bond donors (Lipinski definition) is 16. The van der Waals surface area contributed by atoms with Crippen LogP contribution in [0.25, 0.3) is 0 Å². The van der Waals surface area contributed by atoms with E-state index >= 15 is 0 Å². The fraction of sp³-hybridized carbons (Fsp3) is 0.800. The van der Waals surface area contributed by atoms with Gasteiger partial charge in [-0.3, -0.25) is 0 Å². The number of aliphatic hydroxyl groups is 16. The van der Waals surface area contributed by atoms with Crippen LogP contribution in [0, 0.1) is 0 Å². The monoisotopic (exact) mass is 600 g/mol. The highest BCUT2D eigenvalue weighted by Gasteiger charge is 2.25. The molecule has 0 unspecified atom stereocenters. The predicted molar refractivity (Wildman–Crippen MR) is 125 cm³/mol. The van der Waals surface area contributed by atoms with E-state index in [-0.39, 0.29) is 25.1 Å². The second-order valence-corrected chi connectivity index (χ2v) is 7.47. The van der Waals surface area contributed by atoms with Crippen molar-refractivity contribution in [2.24, 2.45) is 0 Å². The molecule has 0 spiro atoms. The Morgan fingerprint density at radius 2 is 0.450 bits per heavy atom. The van der Waals surface area contributed by atoms with Gasteiger partial charge in [0, 0.05) is 0 Å². The van der Waals surface area contributed by atoms with Crippen molar-refractivity contribution in [1.29, 1.82) is 0 Å². The first-order valence-electron chi connectivity index (χ1n) is 10.9. The molecular formula is C20H40O20. The quantitative estimate of drug-likeness (QED) is 0.0730. The summed E-state index contributed by atoms with van der Waals surface area (Å²) in [4.78, 5) is 39.1. The summed E-state index contributed by atoms with van der Waals surface area (Å²) < 4.78 is 0. The van der Waals surface area contributed by atoms with E-state index in [2.05, 4.69) is 0 Å². The molecule has 0 aromatic heterocycles. The van der Waals surface area contributed by atoms with Gasteiger partial charge in [0.1, 0.15) is 73.2 Å². The van der Waals surface area contributed by atoms with Gasteiger partial charge < -0.3 is 101 Å². The first kappa shape index (κ1) is 45.0. The van der Waals surface area contributed by atoms with Crippen LogP contribution < -0.4 is 0 Å². The molecule has 16 N–H and O–H groups in total. The highest BCUT2D eigenvalue weighted by Crippen LogP contribution is 1.98. The van der Waals surface area contributed by atoms with E-state index in [1.54, 1.807) is 0 Å². The number of hydrogen-bond acceptors (Lipinski definition) is 20. The summed E-state index contributed by atoms with van der Waals surface area (Å²) in [7, 11) is 0. The van der Waals surface area contributed by atoms with Crippen LogP contribution in [-0.4, -0.2) is 207 Å². The highest BCUT2D eigenvalue weighted by molar-refractivity contribution is 5.57. The molecule has 0 bridgehead atoms. The molecule has 12 atom stereocenters. The SMILES string of the molecule is O=C[C@@H](O)[C@@H](O)[C@H](O)CO.O=C[C@@H](O)[C@H](O)[C@@H](O)CO.O=C[C@@H](O)[C@H](O)[C@H](O)CO.O=C[C@H](O)[C@H](O)[C@H](O)CO. The zero-order valence-corrected chi connectivity index (χ0v) is 20.9. The third-order valence-corrected chi connectivity index (χ3v) is 4.28. The average molecular weight is 601 g/mol. The van der Waals surface area contributed by atoms with Crippen LogP contribution in [0.2, 0.25) is 0 Å². The Morgan fingerprint density at radius 3 is 0.525 bits per heavy atom. The van der Waals surface area contributed by atoms with Crippen LogP contribution in [0.5, 0.6) is 0 Å². The summed E-state index contributed by atoms with van der Waals surface area (Å²) in [5, 5.41) is 136. The highest BCUT2D eigenvalue weighted by atomic mass is 16.4.